The van der Waals surface area contributed by atoms with Crippen LogP contribution in [0.4, 0.5) is 0 Å². The smallest absolute Gasteiger partial charge is 0.0742 e. The van der Waals surface area contributed by atoms with E-state index in [1.54, 1.807) is 0 Å². The van der Waals surface area contributed by atoms with Crippen LogP contribution >= 0.6 is 0 Å². The zero-order valence-corrected chi connectivity index (χ0v) is 27.9. The van der Waals surface area contributed by atoms with Gasteiger partial charge in [0.05, 0.1) is 33.2 Å². The fourth-order valence-corrected chi connectivity index (χ4v) is 9.10. The fourth-order valence-electron chi connectivity index (χ4n) is 9.10. The molecule has 1 aliphatic heterocycles. The van der Waals surface area contributed by atoms with Crippen LogP contribution in [0.25, 0.3) is 66.1 Å². The number of aromatic nitrogens is 2. The Morgan fingerprint density at radius 1 is 0.333 bits per heavy atom. The summed E-state index contributed by atoms with van der Waals surface area (Å²) in [6.07, 6.45) is 0. The summed E-state index contributed by atoms with van der Waals surface area (Å²) in [7, 11) is 0. The first-order chi connectivity index (χ1) is 25.3. The number of para-hydroxylation sites is 3. The van der Waals surface area contributed by atoms with E-state index >= 15 is 0 Å². The quantitative estimate of drug-likeness (QED) is 0.180. The highest BCUT2D eigenvalue weighted by Crippen LogP contribution is 2.54. The van der Waals surface area contributed by atoms with Crippen LogP contribution in [0, 0.1) is 0 Å². The third-order valence-electron chi connectivity index (χ3n) is 11.2. The highest BCUT2D eigenvalue weighted by Gasteiger charge is 2.45. The largest absolute Gasteiger partial charge is 0.309 e. The summed E-state index contributed by atoms with van der Waals surface area (Å²) in [5.74, 6) is 0. The van der Waals surface area contributed by atoms with E-state index in [9.17, 15) is 0 Å². The highest BCUT2D eigenvalue weighted by molar-refractivity contribution is 6.14. The van der Waals surface area contributed by atoms with E-state index < -0.39 is 5.41 Å². The molecule has 238 valence electrons. The number of nitrogens with zero attached hydrogens (tertiary/aromatic N) is 2. The molecule has 1 aliphatic rings. The van der Waals surface area contributed by atoms with E-state index in [4.69, 9.17) is 0 Å². The molecule has 8 aromatic carbocycles. The number of rotatable bonds is 4. The number of hydrogen-bond acceptors (Lipinski definition) is 0. The minimum Gasteiger partial charge on any atom is -0.309 e. The summed E-state index contributed by atoms with van der Waals surface area (Å²) in [5, 5.41) is 5.04. The van der Waals surface area contributed by atoms with Crippen molar-refractivity contribution in [3.63, 3.8) is 0 Å². The van der Waals surface area contributed by atoms with E-state index in [1.165, 1.54) is 82.7 Å². The molecular weight excluding hydrogens is 617 g/mol. The molecule has 51 heavy (non-hydrogen) atoms. The van der Waals surface area contributed by atoms with Crippen LogP contribution in [-0.2, 0) is 5.41 Å². The molecule has 11 rings (SSSR count). The van der Waals surface area contributed by atoms with Crippen molar-refractivity contribution in [2.75, 3.05) is 0 Å². The van der Waals surface area contributed by atoms with Crippen LogP contribution in [0.3, 0.4) is 0 Å². The Morgan fingerprint density at radius 2 is 0.941 bits per heavy atom. The highest BCUT2D eigenvalue weighted by atomic mass is 15.0. The molecule has 2 nitrogen and oxygen atoms in total. The van der Waals surface area contributed by atoms with Crippen LogP contribution < -0.4 is 0 Å². The maximum absolute atomic E-state index is 2.52. The number of fused-ring (bicyclic) bond motifs is 8. The summed E-state index contributed by atoms with van der Waals surface area (Å²) in [6.45, 7) is 0. The zero-order chi connectivity index (χ0) is 33.5. The Kier molecular flexibility index (Phi) is 5.91. The Labute approximate surface area is 296 Å². The summed E-state index contributed by atoms with van der Waals surface area (Å²) >= 11 is 0. The Balaban J connectivity index is 1.24. The van der Waals surface area contributed by atoms with Gasteiger partial charge in [-0.15, -0.1) is 0 Å². The minimum atomic E-state index is -0.480. The van der Waals surface area contributed by atoms with Crippen molar-refractivity contribution in [1.82, 2.24) is 9.13 Å². The topological polar surface area (TPSA) is 9.86 Å². The molecule has 0 N–H and O–H groups in total. The number of benzene rings is 8. The van der Waals surface area contributed by atoms with Gasteiger partial charge >= 0.3 is 0 Å². The van der Waals surface area contributed by atoms with Gasteiger partial charge in [0, 0.05) is 27.2 Å². The molecule has 0 spiro atoms. The first-order valence-corrected chi connectivity index (χ1v) is 17.7. The third-order valence-corrected chi connectivity index (χ3v) is 11.2. The number of hydrogen-bond donors (Lipinski definition) is 0. The first-order valence-electron chi connectivity index (χ1n) is 17.7. The summed E-state index contributed by atoms with van der Waals surface area (Å²) in [4.78, 5) is 0. The predicted molar refractivity (Wildman–Crippen MR) is 212 cm³/mol. The fraction of sp³-hybridized carbons (Fsp3) is 0.0204. The molecule has 0 radical (unpaired) electrons. The standard InChI is InChI=1S/C49H32N2/c1-4-15-33(16-5-1)34-27-29-39-38-21-10-12-25-44(38)50(47(39)31-34)37-28-30-45-41(32-37)40-22-14-24-43-48(40)51(45)46-26-13-11-23-42(46)49(43,35-17-6-2-7-18-35)36-19-8-3-9-20-36/h1-32H. The zero-order valence-electron chi connectivity index (χ0n) is 27.9. The maximum Gasteiger partial charge on any atom is 0.0742 e. The molecular formula is C49H32N2. The second kappa shape index (κ2) is 10.7. The Hall–Kier alpha value is -6.64. The maximum atomic E-state index is 2.52. The summed E-state index contributed by atoms with van der Waals surface area (Å²) < 4.78 is 4.97. The van der Waals surface area contributed by atoms with Gasteiger partial charge in [-0.1, -0.05) is 158 Å². The van der Waals surface area contributed by atoms with Gasteiger partial charge in [0.1, 0.15) is 0 Å². The second-order valence-corrected chi connectivity index (χ2v) is 13.7. The van der Waals surface area contributed by atoms with Crippen molar-refractivity contribution in [2.45, 2.75) is 5.41 Å². The van der Waals surface area contributed by atoms with Crippen LogP contribution in [0.1, 0.15) is 22.3 Å². The molecule has 3 heterocycles. The van der Waals surface area contributed by atoms with Gasteiger partial charge in [-0.3, -0.25) is 0 Å². The average molecular weight is 649 g/mol. The van der Waals surface area contributed by atoms with E-state index in [-0.39, 0.29) is 0 Å². The van der Waals surface area contributed by atoms with Gasteiger partial charge in [0.2, 0.25) is 0 Å². The molecule has 0 unspecified atom stereocenters. The molecule has 0 amide bonds. The van der Waals surface area contributed by atoms with Crippen molar-refractivity contribution in [3.8, 4) is 22.5 Å². The predicted octanol–water partition coefficient (Wildman–Crippen LogP) is 12.2. The van der Waals surface area contributed by atoms with Crippen LogP contribution in [0.15, 0.2) is 194 Å². The molecule has 10 aromatic rings. The van der Waals surface area contributed by atoms with Crippen molar-refractivity contribution in [3.05, 3.63) is 216 Å². The SMILES string of the molecule is c1ccc(-c2ccc3c4ccccc4n(-c4ccc5c(c4)c4cccc6c4n5-c4ccccc4C6(c4ccccc4)c4ccccc4)c3c2)cc1. The lowest BCUT2D eigenvalue weighted by atomic mass is 9.63. The van der Waals surface area contributed by atoms with Crippen molar-refractivity contribution in [2.24, 2.45) is 0 Å². The van der Waals surface area contributed by atoms with Crippen molar-refractivity contribution >= 4 is 43.6 Å². The molecule has 0 saturated carbocycles. The summed E-state index contributed by atoms with van der Waals surface area (Å²) in [6, 6.07) is 71.5. The molecule has 2 heteroatoms. The Bertz CT molecular complexity index is 2910. The molecule has 2 aromatic heterocycles. The molecule has 0 saturated heterocycles. The second-order valence-electron chi connectivity index (χ2n) is 13.7. The molecule has 0 aliphatic carbocycles. The lowest BCUT2D eigenvalue weighted by Gasteiger charge is -2.41. The summed E-state index contributed by atoms with van der Waals surface area (Å²) in [5.41, 5.74) is 14.4. The first kappa shape index (κ1) is 28.2. The van der Waals surface area contributed by atoms with Crippen LogP contribution in [0.5, 0.6) is 0 Å². The molecule has 0 atom stereocenters. The van der Waals surface area contributed by atoms with Crippen LogP contribution in [-0.4, -0.2) is 9.13 Å². The van der Waals surface area contributed by atoms with Gasteiger partial charge in [-0.25, -0.2) is 0 Å². The minimum absolute atomic E-state index is 0.480. The third kappa shape index (κ3) is 3.82. The monoisotopic (exact) mass is 648 g/mol. The molecule has 0 bridgehead atoms. The van der Waals surface area contributed by atoms with Crippen molar-refractivity contribution in [1.29, 1.82) is 0 Å². The lowest BCUT2D eigenvalue weighted by molar-refractivity contribution is 0.728. The molecule has 0 fully saturated rings. The normalized spacial score (nSPS) is 13.3. The lowest BCUT2D eigenvalue weighted by Crippen LogP contribution is -2.35. The van der Waals surface area contributed by atoms with Gasteiger partial charge in [-0.05, 0) is 69.8 Å². The Morgan fingerprint density at radius 3 is 1.73 bits per heavy atom. The van der Waals surface area contributed by atoms with Crippen LogP contribution in [0.2, 0.25) is 0 Å². The van der Waals surface area contributed by atoms with E-state index in [0.29, 0.717) is 0 Å². The van der Waals surface area contributed by atoms with Gasteiger partial charge in [0.25, 0.3) is 0 Å². The van der Waals surface area contributed by atoms with E-state index in [1.807, 2.05) is 0 Å². The van der Waals surface area contributed by atoms with E-state index in [0.717, 1.165) is 5.69 Å². The van der Waals surface area contributed by atoms with E-state index in [2.05, 4.69) is 203 Å². The average Bonchev–Trinajstić information content (AvgIpc) is 3.72. The van der Waals surface area contributed by atoms with Gasteiger partial charge in [-0.2, -0.15) is 0 Å². The van der Waals surface area contributed by atoms with Gasteiger partial charge < -0.3 is 9.13 Å². The van der Waals surface area contributed by atoms with Gasteiger partial charge in [0.15, 0.2) is 0 Å². The van der Waals surface area contributed by atoms with Crippen molar-refractivity contribution < 1.29 is 0 Å².